The number of imide groups is 1. The minimum absolute atomic E-state index is 0.0409. The smallest absolute Gasteiger partial charge is 0.308 e. The normalized spacial score (nSPS) is 20.7. The third-order valence-electron chi connectivity index (χ3n) is 6.70. The zero-order chi connectivity index (χ0) is 26.5. The van der Waals surface area contributed by atoms with Gasteiger partial charge in [-0.25, -0.2) is 0 Å². The number of thiazole rings is 1. The zero-order valence-corrected chi connectivity index (χ0v) is 22.5. The second kappa shape index (κ2) is 9.50. The van der Waals surface area contributed by atoms with Crippen molar-refractivity contribution in [3.05, 3.63) is 74.2 Å². The molecule has 0 aliphatic carbocycles. The van der Waals surface area contributed by atoms with Crippen LogP contribution >= 0.6 is 23.1 Å². The monoisotopic (exact) mass is 537 g/mol. The van der Waals surface area contributed by atoms with E-state index in [1.807, 2.05) is 24.3 Å². The molecule has 1 fully saturated rings. The van der Waals surface area contributed by atoms with Crippen molar-refractivity contribution in [1.82, 2.24) is 9.88 Å². The van der Waals surface area contributed by atoms with Gasteiger partial charge < -0.3 is 10.1 Å². The Balaban J connectivity index is 1.50. The minimum atomic E-state index is -0.669. The van der Waals surface area contributed by atoms with Gasteiger partial charge in [0.2, 0.25) is 17.7 Å². The van der Waals surface area contributed by atoms with Gasteiger partial charge in [-0.05, 0) is 40.8 Å². The van der Waals surface area contributed by atoms with Gasteiger partial charge in [0.25, 0.3) is 0 Å². The number of fused-ring (bicyclic) bond motifs is 2. The number of carbonyl (C=O) groups is 3. The molecule has 37 heavy (non-hydrogen) atoms. The largest absolute Gasteiger partial charge is 0.497 e. The van der Waals surface area contributed by atoms with E-state index >= 15 is 0 Å². The van der Waals surface area contributed by atoms with Gasteiger partial charge in [0.05, 0.1) is 18.1 Å². The standard InChI is InChI=1S/C27H27N3O5S2/c1-27(2,3)15-7-5-14(6-8-15)19-20-21(24(33)29-23(20)32)36-25-22(19)37-26(34)30(25)13-18(31)28-16-9-11-17(35-4)12-10-16/h5-12,19-21H,13H2,1-4H3,(H,28,31)(H,29,32,33)/t19-,20?,21?/m0/s1. The van der Waals surface area contributed by atoms with Crippen LogP contribution in [0, 0.1) is 5.92 Å². The molecule has 2 N–H and O–H groups in total. The number of rotatable bonds is 5. The highest BCUT2D eigenvalue weighted by atomic mass is 32.2. The van der Waals surface area contributed by atoms with Gasteiger partial charge in [-0.2, -0.15) is 0 Å². The number of aromatic nitrogens is 1. The molecule has 0 spiro atoms. The Kier molecular flexibility index (Phi) is 6.49. The molecule has 2 aromatic carbocycles. The quantitative estimate of drug-likeness (QED) is 0.481. The molecule has 192 valence electrons. The van der Waals surface area contributed by atoms with Gasteiger partial charge in [-0.15, -0.1) is 0 Å². The van der Waals surface area contributed by atoms with Crippen LogP contribution in [0.25, 0.3) is 0 Å². The molecule has 8 nitrogen and oxygen atoms in total. The number of hydrogen-bond acceptors (Lipinski definition) is 7. The van der Waals surface area contributed by atoms with Gasteiger partial charge in [0.15, 0.2) is 0 Å². The van der Waals surface area contributed by atoms with Gasteiger partial charge in [-0.1, -0.05) is 68.1 Å². The summed E-state index contributed by atoms with van der Waals surface area (Å²) in [5, 5.41) is 5.16. The first-order valence-electron chi connectivity index (χ1n) is 11.9. The zero-order valence-electron chi connectivity index (χ0n) is 20.9. The van der Waals surface area contributed by atoms with Crippen LogP contribution in [0.4, 0.5) is 5.69 Å². The van der Waals surface area contributed by atoms with E-state index in [0.29, 0.717) is 21.3 Å². The van der Waals surface area contributed by atoms with Crippen molar-refractivity contribution < 1.29 is 19.1 Å². The van der Waals surface area contributed by atoms with Crippen LogP contribution in [0.3, 0.4) is 0 Å². The fourth-order valence-electron chi connectivity index (χ4n) is 4.74. The van der Waals surface area contributed by atoms with Gasteiger partial charge in [0, 0.05) is 16.5 Å². The Morgan fingerprint density at radius 3 is 2.32 bits per heavy atom. The van der Waals surface area contributed by atoms with E-state index < -0.39 is 17.1 Å². The molecule has 0 saturated carbocycles. The number of thioether (sulfide) groups is 1. The number of nitrogens with one attached hydrogen (secondary N) is 2. The third-order valence-corrected chi connectivity index (χ3v) is 9.32. The number of amides is 3. The molecule has 5 rings (SSSR count). The van der Waals surface area contributed by atoms with Gasteiger partial charge >= 0.3 is 4.87 Å². The maximum absolute atomic E-state index is 13.1. The Morgan fingerprint density at radius 2 is 1.70 bits per heavy atom. The maximum Gasteiger partial charge on any atom is 0.308 e. The lowest BCUT2D eigenvalue weighted by Gasteiger charge is -2.31. The van der Waals surface area contributed by atoms with Crippen molar-refractivity contribution in [2.75, 3.05) is 12.4 Å². The second-order valence-corrected chi connectivity index (χ2v) is 12.3. The van der Waals surface area contributed by atoms with Crippen molar-refractivity contribution >= 4 is 46.5 Å². The highest BCUT2D eigenvalue weighted by molar-refractivity contribution is 8.00. The first-order chi connectivity index (χ1) is 17.6. The molecule has 2 unspecified atom stereocenters. The molecule has 0 bridgehead atoms. The second-order valence-electron chi connectivity index (χ2n) is 10.2. The van der Waals surface area contributed by atoms with Crippen molar-refractivity contribution in [2.24, 2.45) is 5.92 Å². The summed E-state index contributed by atoms with van der Waals surface area (Å²) in [7, 11) is 1.56. The molecule has 3 aromatic rings. The van der Waals surface area contributed by atoms with Crippen LogP contribution in [0.2, 0.25) is 0 Å². The highest BCUT2D eigenvalue weighted by Gasteiger charge is 2.52. The summed E-state index contributed by atoms with van der Waals surface area (Å²) in [5.41, 5.74) is 2.55. The first-order valence-corrected chi connectivity index (χ1v) is 13.6. The van der Waals surface area contributed by atoms with Crippen LogP contribution < -0.4 is 20.2 Å². The number of ether oxygens (including phenoxy) is 1. The fraction of sp³-hybridized carbons (Fsp3) is 0.333. The number of benzene rings is 2. The summed E-state index contributed by atoms with van der Waals surface area (Å²) in [4.78, 5) is 51.9. The van der Waals surface area contributed by atoms with Crippen molar-refractivity contribution in [3.8, 4) is 5.75 Å². The molecular formula is C27H27N3O5S2. The van der Waals surface area contributed by atoms with E-state index in [0.717, 1.165) is 22.5 Å². The summed E-state index contributed by atoms with van der Waals surface area (Å²) in [6.45, 7) is 6.17. The lowest BCUT2D eigenvalue weighted by Crippen LogP contribution is -2.32. The Hall–Kier alpha value is -3.37. The molecular weight excluding hydrogens is 510 g/mol. The number of hydrogen-bond donors (Lipinski definition) is 2. The Morgan fingerprint density at radius 1 is 1.03 bits per heavy atom. The van der Waals surface area contributed by atoms with Crippen LogP contribution in [-0.2, 0) is 26.3 Å². The van der Waals surface area contributed by atoms with Crippen LogP contribution in [0.1, 0.15) is 42.7 Å². The summed E-state index contributed by atoms with van der Waals surface area (Å²) in [6.07, 6.45) is 0. The predicted octanol–water partition coefficient (Wildman–Crippen LogP) is 3.73. The van der Waals surface area contributed by atoms with Crippen molar-refractivity contribution in [2.45, 2.75) is 48.9 Å². The van der Waals surface area contributed by atoms with Crippen LogP contribution in [0.5, 0.6) is 5.75 Å². The van der Waals surface area contributed by atoms with E-state index in [-0.39, 0.29) is 34.6 Å². The SMILES string of the molecule is COc1ccc(NC(=O)Cn2c3c(sc2=O)[C@@H](c2ccc(C(C)(C)C)cc2)C2C(=O)NC(=O)C2S3)cc1. The topological polar surface area (TPSA) is 106 Å². The minimum Gasteiger partial charge on any atom is -0.497 e. The first kappa shape index (κ1) is 25.3. The molecule has 3 heterocycles. The molecule has 1 aromatic heterocycles. The Bertz CT molecular complexity index is 1430. The lowest BCUT2D eigenvalue weighted by molar-refractivity contribution is -0.126. The number of carbonyl (C=O) groups excluding carboxylic acids is 3. The average Bonchev–Trinajstić information content (AvgIpc) is 3.32. The van der Waals surface area contributed by atoms with Crippen LogP contribution in [-0.4, -0.2) is 34.6 Å². The van der Waals surface area contributed by atoms with Gasteiger partial charge in [0.1, 0.15) is 17.5 Å². The van der Waals surface area contributed by atoms with E-state index in [9.17, 15) is 19.2 Å². The molecule has 10 heteroatoms. The fourth-order valence-corrected chi connectivity index (χ4v) is 7.48. The van der Waals surface area contributed by atoms with E-state index in [4.69, 9.17) is 4.74 Å². The van der Waals surface area contributed by atoms with E-state index in [1.165, 1.54) is 16.3 Å². The third kappa shape index (κ3) is 4.71. The van der Waals surface area contributed by atoms with E-state index in [1.54, 1.807) is 31.4 Å². The molecule has 1 saturated heterocycles. The van der Waals surface area contributed by atoms with Crippen molar-refractivity contribution in [3.63, 3.8) is 0 Å². The summed E-state index contributed by atoms with van der Waals surface area (Å²) in [5.74, 6) is -1.47. The highest BCUT2D eigenvalue weighted by Crippen LogP contribution is 2.51. The molecule has 2 aliphatic heterocycles. The number of anilines is 1. The van der Waals surface area contributed by atoms with Crippen LogP contribution in [0.15, 0.2) is 58.4 Å². The maximum atomic E-state index is 13.1. The summed E-state index contributed by atoms with van der Waals surface area (Å²) >= 11 is 2.22. The number of methoxy groups -OCH3 is 1. The molecule has 2 aliphatic rings. The van der Waals surface area contributed by atoms with Crippen molar-refractivity contribution in [1.29, 1.82) is 0 Å². The van der Waals surface area contributed by atoms with E-state index in [2.05, 4.69) is 31.4 Å². The lowest BCUT2D eigenvalue weighted by atomic mass is 9.81. The predicted molar refractivity (Wildman–Crippen MR) is 143 cm³/mol. The average molecular weight is 538 g/mol. The summed E-state index contributed by atoms with van der Waals surface area (Å²) < 4.78 is 6.55. The molecule has 0 radical (unpaired) electrons. The number of nitrogens with zero attached hydrogens (tertiary/aromatic N) is 1. The molecule has 3 amide bonds. The molecule has 3 atom stereocenters. The Labute approximate surface area is 222 Å². The summed E-state index contributed by atoms with van der Waals surface area (Å²) in [6, 6.07) is 14.9. The van der Waals surface area contributed by atoms with Gasteiger partial charge in [-0.3, -0.25) is 29.1 Å².